The molecule has 0 saturated heterocycles. The standard InChI is InChI=1S/C25H28FN5O3S2/c1-25(2,33)22-15-6-3-4-7-16(15)23(35-22)36(27,34)31-24(32)30-21-17-8-5-9-19(17)29-13-18(21)14-10-11-28-20(26)12-14/h10-13,33H,3-9H2,1-2H3,(H3,27,29,30,31,32,34). The maximum Gasteiger partial charge on any atom is 0.354 e. The zero-order chi connectivity index (χ0) is 25.7. The molecule has 4 N–H and O–H groups in total. The van der Waals surface area contributed by atoms with E-state index in [1.807, 2.05) is 0 Å². The van der Waals surface area contributed by atoms with Gasteiger partial charge in [-0.1, -0.05) is 0 Å². The van der Waals surface area contributed by atoms with Gasteiger partial charge >= 0.3 is 6.03 Å². The Kier molecular flexibility index (Phi) is 6.44. The van der Waals surface area contributed by atoms with E-state index in [2.05, 4.69) is 19.6 Å². The van der Waals surface area contributed by atoms with E-state index >= 15 is 0 Å². The van der Waals surface area contributed by atoms with Crippen molar-refractivity contribution in [2.45, 2.75) is 68.6 Å². The summed E-state index contributed by atoms with van der Waals surface area (Å²) in [5, 5.41) is 19.7. The molecule has 2 aliphatic rings. The number of hydrogen-bond acceptors (Lipinski definition) is 6. The highest BCUT2D eigenvalue weighted by molar-refractivity contribution is 7.93. The number of nitrogens with zero attached hydrogens (tertiary/aromatic N) is 3. The molecule has 2 amide bonds. The molecule has 3 aromatic heterocycles. The van der Waals surface area contributed by atoms with Crippen molar-refractivity contribution in [3.8, 4) is 11.1 Å². The van der Waals surface area contributed by atoms with Gasteiger partial charge in [-0.25, -0.2) is 19.1 Å². The van der Waals surface area contributed by atoms with Gasteiger partial charge in [0.05, 0.1) is 11.3 Å². The van der Waals surface area contributed by atoms with Crippen LogP contribution in [0.25, 0.3) is 11.1 Å². The minimum absolute atomic E-state index is 0.348. The molecule has 3 aromatic rings. The Morgan fingerprint density at radius 2 is 1.89 bits per heavy atom. The predicted molar refractivity (Wildman–Crippen MR) is 138 cm³/mol. The number of aryl methyl sites for hydroxylation is 1. The van der Waals surface area contributed by atoms with E-state index in [-0.39, 0.29) is 0 Å². The van der Waals surface area contributed by atoms with Crippen LogP contribution in [0.4, 0.5) is 14.9 Å². The SMILES string of the molecule is CC(C)(O)c1sc(S(N)(=O)=NC(=O)Nc2c(-c3ccnc(F)c3)cnc3c2CCC3)c2c1CCCC2. The minimum Gasteiger partial charge on any atom is -0.385 e. The molecule has 0 bridgehead atoms. The van der Waals surface area contributed by atoms with Crippen molar-refractivity contribution in [1.82, 2.24) is 9.97 Å². The van der Waals surface area contributed by atoms with Gasteiger partial charge in [0.2, 0.25) is 5.95 Å². The van der Waals surface area contributed by atoms with E-state index in [0.29, 0.717) is 33.9 Å². The summed E-state index contributed by atoms with van der Waals surface area (Å²) in [5.41, 5.74) is 3.92. The minimum atomic E-state index is -3.57. The van der Waals surface area contributed by atoms with Crippen molar-refractivity contribution in [2.24, 2.45) is 9.50 Å². The molecule has 1 unspecified atom stereocenters. The quantitative estimate of drug-likeness (QED) is 0.415. The van der Waals surface area contributed by atoms with Gasteiger partial charge in [0, 0.05) is 34.6 Å². The van der Waals surface area contributed by atoms with E-state index in [4.69, 9.17) is 5.14 Å². The number of thiophene rings is 1. The summed E-state index contributed by atoms with van der Waals surface area (Å²) in [4.78, 5) is 22.0. The van der Waals surface area contributed by atoms with Gasteiger partial charge in [-0.3, -0.25) is 4.98 Å². The van der Waals surface area contributed by atoms with Gasteiger partial charge in [0.1, 0.15) is 4.21 Å². The molecule has 0 aliphatic heterocycles. The first-order valence-corrected chi connectivity index (χ1v) is 14.3. The summed E-state index contributed by atoms with van der Waals surface area (Å²) in [6.07, 6.45) is 8.63. The number of rotatable bonds is 4. The first kappa shape index (κ1) is 24.9. The maximum atomic E-state index is 13.8. The Hall–Kier alpha value is -2.73. The molecule has 0 fully saturated rings. The number of aliphatic hydroxyl groups is 1. The lowest BCUT2D eigenvalue weighted by molar-refractivity contribution is 0.0814. The average molecular weight is 530 g/mol. The number of pyridine rings is 2. The number of aromatic nitrogens is 2. The summed E-state index contributed by atoms with van der Waals surface area (Å²) >= 11 is 1.18. The Labute approximate surface area is 213 Å². The zero-order valence-electron chi connectivity index (χ0n) is 20.1. The van der Waals surface area contributed by atoms with Crippen molar-refractivity contribution in [1.29, 1.82) is 0 Å². The van der Waals surface area contributed by atoms with Gasteiger partial charge in [0.15, 0.2) is 9.92 Å². The molecule has 36 heavy (non-hydrogen) atoms. The number of nitrogens with two attached hydrogens (primary N) is 1. The number of nitrogens with one attached hydrogen (secondary N) is 1. The highest BCUT2D eigenvalue weighted by Crippen LogP contribution is 2.42. The van der Waals surface area contributed by atoms with Gasteiger partial charge in [-0.05, 0) is 87.1 Å². The van der Waals surface area contributed by atoms with Crippen LogP contribution >= 0.6 is 11.3 Å². The molecule has 11 heteroatoms. The number of anilines is 1. The van der Waals surface area contributed by atoms with E-state index in [1.54, 1.807) is 26.1 Å². The second-order valence-corrected chi connectivity index (χ2v) is 12.7. The average Bonchev–Trinajstić information content (AvgIpc) is 3.44. The highest BCUT2D eigenvalue weighted by Gasteiger charge is 2.32. The van der Waals surface area contributed by atoms with Crippen LogP contribution in [-0.2, 0) is 41.2 Å². The summed E-state index contributed by atoms with van der Waals surface area (Å²) in [6.45, 7) is 3.38. The fourth-order valence-corrected chi connectivity index (χ4v) is 7.99. The normalized spacial score (nSPS) is 16.7. The Bertz CT molecular complexity index is 1490. The van der Waals surface area contributed by atoms with Crippen molar-refractivity contribution < 1.29 is 18.5 Å². The van der Waals surface area contributed by atoms with Crippen LogP contribution in [0.5, 0.6) is 0 Å². The van der Waals surface area contributed by atoms with Crippen LogP contribution in [0.3, 0.4) is 0 Å². The monoisotopic (exact) mass is 529 g/mol. The van der Waals surface area contributed by atoms with Crippen molar-refractivity contribution in [3.05, 3.63) is 57.7 Å². The van der Waals surface area contributed by atoms with Crippen LogP contribution in [0.2, 0.25) is 0 Å². The van der Waals surface area contributed by atoms with Gasteiger partial charge in [-0.2, -0.15) is 4.39 Å². The first-order valence-electron chi connectivity index (χ1n) is 11.9. The Morgan fingerprint density at radius 1 is 1.17 bits per heavy atom. The van der Waals surface area contributed by atoms with Gasteiger partial charge in [-0.15, -0.1) is 15.7 Å². The molecule has 1 atom stereocenters. The van der Waals surface area contributed by atoms with Crippen LogP contribution < -0.4 is 10.5 Å². The fourth-order valence-electron chi connectivity index (χ4n) is 5.06. The molecule has 8 nitrogen and oxygen atoms in total. The summed E-state index contributed by atoms with van der Waals surface area (Å²) in [6, 6.07) is 2.06. The number of hydrogen-bond donors (Lipinski definition) is 3. The number of halogens is 1. The molecule has 3 heterocycles. The maximum absolute atomic E-state index is 13.8. The molecule has 2 aliphatic carbocycles. The third kappa shape index (κ3) is 4.68. The Morgan fingerprint density at radius 3 is 2.61 bits per heavy atom. The fraction of sp³-hybridized carbons (Fsp3) is 0.400. The van der Waals surface area contributed by atoms with Crippen LogP contribution in [-0.4, -0.2) is 25.3 Å². The molecule has 0 aromatic carbocycles. The number of carbonyl (C=O) groups is 1. The van der Waals surface area contributed by atoms with E-state index < -0.39 is 27.5 Å². The molecule has 5 rings (SSSR count). The van der Waals surface area contributed by atoms with Gasteiger partial charge < -0.3 is 10.4 Å². The molecular weight excluding hydrogens is 501 g/mol. The number of amides is 2. The first-order chi connectivity index (χ1) is 17.0. The second-order valence-electron chi connectivity index (χ2n) is 9.72. The van der Waals surface area contributed by atoms with Crippen LogP contribution in [0.15, 0.2) is 33.1 Å². The van der Waals surface area contributed by atoms with Crippen LogP contribution in [0.1, 0.15) is 60.4 Å². The molecule has 0 radical (unpaired) electrons. The number of carbonyl (C=O) groups excluding carboxylic acids is 1. The molecular formula is C25H28FN5O3S2. The summed E-state index contributed by atoms with van der Waals surface area (Å²) in [7, 11) is -3.57. The van der Waals surface area contributed by atoms with Crippen LogP contribution in [0, 0.1) is 5.95 Å². The molecule has 0 saturated carbocycles. The number of fused-ring (bicyclic) bond motifs is 2. The molecule has 0 spiro atoms. The summed E-state index contributed by atoms with van der Waals surface area (Å²) in [5.74, 6) is -0.648. The van der Waals surface area contributed by atoms with Crippen molar-refractivity contribution >= 4 is 33.0 Å². The van der Waals surface area contributed by atoms with Gasteiger partial charge in [0.25, 0.3) is 0 Å². The smallest absolute Gasteiger partial charge is 0.354 e. The predicted octanol–water partition coefficient (Wildman–Crippen LogP) is 4.87. The lowest BCUT2D eigenvalue weighted by Gasteiger charge is -2.20. The highest BCUT2D eigenvalue weighted by atomic mass is 32.2. The van der Waals surface area contributed by atoms with E-state index in [9.17, 15) is 18.5 Å². The number of urea groups is 1. The summed E-state index contributed by atoms with van der Waals surface area (Å²) < 4.78 is 31.8. The third-order valence-electron chi connectivity index (χ3n) is 6.60. The van der Waals surface area contributed by atoms with Crippen molar-refractivity contribution in [3.63, 3.8) is 0 Å². The zero-order valence-corrected chi connectivity index (χ0v) is 21.8. The van der Waals surface area contributed by atoms with E-state index in [1.165, 1.54) is 23.6 Å². The Balaban J connectivity index is 1.55. The lowest BCUT2D eigenvalue weighted by atomic mass is 9.90. The lowest BCUT2D eigenvalue weighted by Crippen LogP contribution is -2.19. The largest absolute Gasteiger partial charge is 0.385 e. The molecule has 190 valence electrons. The van der Waals surface area contributed by atoms with E-state index in [0.717, 1.165) is 59.4 Å². The topological polar surface area (TPSA) is 131 Å². The third-order valence-corrected chi connectivity index (χ3v) is 10.2. The van der Waals surface area contributed by atoms with Crippen molar-refractivity contribution in [2.75, 3.05) is 5.32 Å². The second kappa shape index (κ2) is 9.29.